The average Bonchev–Trinajstić information content (AvgIpc) is 2.67. The van der Waals surface area contributed by atoms with Gasteiger partial charge in [-0.05, 0) is 37.8 Å². The van der Waals surface area contributed by atoms with Gasteiger partial charge in [-0.3, -0.25) is 4.79 Å². The lowest BCUT2D eigenvalue weighted by Gasteiger charge is -2.32. The summed E-state index contributed by atoms with van der Waals surface area (Å²) in [6.07, 6.45) is 4.37. The van der Waals surface area contributed by atoms with Gasteiger partial charge in [-0.15, -0.1) is 6.58 Å². The van der Waals surface area contributed by atoms with Crippen LogP contribution in [-0.4, -0.2) is 61.3 Å². The molecule has 1 N–H and O–H groups in total. The van der Waals surface area contributed by atoms with E-state index in [0.29, 0.717) is 19.4 Å². The predicted molar refractivity (Wildman–Crippen MR) is 102 cm³/mol. The van der Waals surface area contributed by atoms with Gasteiger partial charge in [0, 0.05) is 32.6 Å². The Labute approximate surface area is 160 Å². The number of hydrogen-bond acceptors (Lipinski definition) is 4. The predicted octanol–water partition coefficient (Wildman–Crippen LogP) is 2.21. The molecule has 0 bridgehead atoms. The third kappa shape index (κ3) is 4.95. The van der Waals surface area contributed by atoms with Crippen LogP contribution in [0.25, 0.3) is 0 Å². The highest BCUT2D eigenvalue weighted by Gasteiger charge is 2.34. The Balaban J connectivity index is 2.04. The van der Waals surface area contributed by atoms with Gasteiger partial charge >= 0.3 is 5.97 Å². The van der Waals surface area contributed by atoms with E-state index < -0.39 is 16.0 Å². The zero-order valence-corrected chi connectivity index (χ0v) is 16.3. The summed E-state index contributed by atoms with van der Waals surface area (Å²) in [5, 5.41) is 9.25. The van der Waals surface area contributed by atoms with Crippen LogP contribution in [0, 0.1) is 5.92 Å². The number of carboxylic acid groups (broad SMARTS) is 1. The van der Waals surface area contributed by atoms with E-state index in [4.69, 9.17) is 0 Å². The van der Waals surface area contributed by atoms with Crippen LogP contribution in [-0.2, 0) is 14.8 Å². The monoisotopic (exact) mass is 394 g/mol. The second-order valence-corrected chi connectivity index (χ2v) is 8.58. The number of piperidine rings is 1. The average molecular weight is 394 g/mol. The van der Waals surface area contributed by atoms with Crippen molar-refractivity contribution in [3.63, 3.8) is 0 Å². The summed E-state index contributed by atoms with van der Waals surface area (Å²) in [5.41, 5.74) is -0.238. The fourth-order valence-electron chi connectivity index (χ4n) is 3.25. The Bertz CT molecular complexity index is 798. The molecule has 1 amide bonds. The van der Waals surface area contributed by atoms with Crippen LogP contribution in [0.2, 0.25) is 0 Å². The van der Waals surface area contributed by atoms with Crippen LogP contribution in [0.5, 0.6) is 0 Å². The molecule has 1 aromatic rings. The van der Waals surface area contributed by atoms with Gasteiger partial charge in [0.25, 0.3) is 0 Å². The van der Waals surface area contributed by atoms with Gasteiger partial charge < -0.3 is 10.0 Å². The van der Waals surface area contributed by atoms with E-state index in [1.54, 1.807) is 11.9 Å². The first-order valence-electron chi connectivity index (χ1n) is 8.97. The third-order valence-corrected chi connectivity index (χ3v) is 6.77. The number of allylic oxidation sites excluding steroid dienone is 1. The summed E-state index contributed by atoms with van der Waals surface area (Å²) in [6.45, 7) is 4.71. The zero-order valence-electron chi connectivity index (χ0n) is 15.5. The summed E-state index contributed by atoms with van der Waals surface area (Å²) >= 11 is 0. The van der Waals surface area contributed by atoms with Gasteiger partial charge in [0.15, 0.2) is 0 Å². The molecular weight excluding hydrogens is 368 g/mol. The molecule has 0 atom stereocenters. The minimum atomic E-state index is -3.91. The van der Waals surface area contributed by atoms with E-state index >= 15 is 0 Å². The van der Waals surface area contributed by atoms with Crippen LogP contribution in [0.3, 0.4) is 0 Å². The van der Waals surface area contributed by atoms with Crippen molar-refractivity contribution >= 4 is 21.9 Å². The number of aromatic carboxylic acids is 1. The van der Waals surface area contributed by atoms with Crippen molar-refractivity contribution in [1.82, 2.24) is 9.21 Å². The van der Waals surface area contributed by atoms with Crippen molar-refractivity contribution in [2.45, 2.75) is 30.6 Å². The normalized spacial score (nSPS) is 16.0. The molecule has 1 aliphatic rings. The van der Waals surface area contributed by atoms with Gasteiger partial charge in [0.2, 0.25) is 15.9 Å². The molecule has 1 aromatic carbocycles. The number of carboxylic acids is 1. The van der Waals surface area contributed by atoms with Crippen LogP contribution in [0.4, 0.5) is 0 Å². The van der Waals surface area contributed by atoms with Gasteiger partial charge in [-0.1, -0.05) is 18.2 Å². The fourth-order valence-corrected chi connectivity index (χ4v) is 4.90. The smallest absolute Gasteiger partial charge is 0.337 e. The molecule has 0 saturated carbocycles. The molecule has 0 aliphatic carbocycles. The summed E-state index contributed by atoms with van der Waals surface area (Å²) < 4.78 is 27.0. The van der Waals surface area contributed by atoms with Crippen molar-refractivity contribution in [3.8, 4) is 0 Å². The minimum absolute atomic E-state index is 0.0297. The largest absolute Gasteiger partial charge is 0.478 e. The van der Waals surface area contributed by atoms with E-state index in [9.17, 15) is 23.1 Å². The Morgan fingerprint density at radius 2 is 1.93 bits per heavy atom. The number of rotatable bonds is 8. The lowest BCUT2D eigenvalue weighted by Crippen LogP contribution is -2.43. The topological polar surface area (TPSA) is 95.0 Å². The third-order valence-electron chi connectivity index (χ3n) is 4.82. The maximum Gasteiger partial charge on any atom is 0.337 e. The van der Waals surface area contributed by atoms with Crippen molar-refractivity contribution < 1.29 is 23.1 Å². The molecule has 0 spiro atoms. The Hall–Kier alpha value is -2.19. The van der Waals surface area contributed by atoms with Gasteiger partial charge in [0.05, 0.1) is 10.5 Å². The van der Waals surface area contributed by atoms with Crippen molar-refractivity contribution in [3.05, 3.63) is 42.5 Å². The number of hydrogen-bond donors (Lipinski definition) is 1. The minimum Gasteiger partial charge on any atom is -0.478 e. The molecule has 8 heteroatoms. The summed E-state index contributed by atoms with van der Waals surface area (Å²) in [4.78, 5) is 25.3. The molecule has 0 unspecified atom stereocenters. The van der Waals surface area contributed by atoms with Crippen molar-refractivity contribution in [2.24, 2.45) is 5.92 Å². The first-order valence-corrected chi connectivity index (χ1v) is 10.4. The Kier molecular flexibility index (Phi) is 7.15. The van der Waals surface area contributed by atoms with E-state index in [-0.39, 0.29) is 35.4 Å². The molecule has 1 fully saturated rings. The zero-order chi connectivity index (χ0) is 20.0. The van der Waals surface area contributed by atoms with Crippen molar-refractivity contribution in [1.29, 1.82) is 0 Å². The molecular formula is C19H26N2O5S. The fraction of sp³-hybridized carbons (Fsp3) is 0.474. The van der Waals surface area contributed by atoms with Gasteiger partial charge in [-0.2, -0.15) is 4.31 Å². The molecule has 7 nitrogen and oxygen atoms in total. The SMILES string of the molecule is C=CCCCN(C)C(=O)C1CCN(S(=O)(=O)c2ccccc2C(=O)O)CC1. The van der Waals surface area contributed by atoms with Crippen LogP contribution in [0.15, 0.2) is 41.8 Å². The first-order chi connectivity index (χ1) is 12.8. The van der Waals surface area contributed by atoms with Crippen LogP contribution < -0.4 is 0 Å². The molecule has 1 aliphatic heterocycles. The van der Waals surface area contributed by atoms with Gasteiger partial charge in [-0.25, -0.2) is 13.2 Å². The highest BCUT2D eigenvalue weighted by atomic mass is 32.2. The quantitative estimate of drug-likeness (QED) is 0.539. The van der Waals surface area contributed by atoms with Crippen LogP contribution >= 0.6 is 0 Å². The highest BCUT2D eigenvalue weighted by molar-refractivity contribution is 7.89. The number of carbonyl (C=O) groups excluding carboxylic acids is 1. The number of carbonyl (C=O) groups is 2. The second-order valence-electron chi connectivity index (χ2n) is 6.67. The number of sulfonamides is 1. The summed E-state index contributed by atoms with van der Waals surface area (Å²) in [6, 6.07) is 5.59. The molecule has 1 heterocycles. The molecule has 0 radical (unpaired) electrons. The van der Waals surface area contributed by atoms with Gasteiger partial charge in [0.1, 0.15) is 0 Å². The number of benzene rings is 1. The number of unbranched alkanes of at least 4 members (excludes halogenated alkanes) is 1. The summed E-state index contributed by atoms with van der Waals surface area (Å²) in [5.74, 6) is -1.46. The molecule has 2 rings (SSSR count). The van der Waals surface area contributed by atoms with Crippen LogP contribution in [0.1, 0.15) is 36.0 Å². The molecule has 27 heavy (non-hydrogen) atoms. The number of amides is 1. The van der Waals surface area contributed by atoms with E-state index in [0.717, 1.165) is 12.8 Å². The maximum absolute atomic E-state index is 12.9. The lowest BCUT2D eigenvalue weighted by molar-refractivity contribution is -0.135. The highest BCUT2D eigenvalue weighted by Crippen LogP contribution is 2.26. The van der Waals surface area contributed by atoms with Crippen molar-refractivity contribution in [2.75, 3.05) is 26.7 Å². The standard InChI is InChI=1S/C19H26N2O5S/c1-3-4-7-12-20(2)18(22)15-10-13-21(14-11-15)27(25,26)17-9-6-5-8-16(17)19(23)24/h3,5-6,8-9,15H,1,4,7,10-14H2,2H3,(H,23,24). The Morgan fingerprint density at radius 3 is 2.52 bits per heavy atom. The Morgan fingerprint density at radius 1 is 1.30 bits per heavy atom. The first kappa shape index (κ1) is 21.1. The molecule has 0 aromatic heterocycles. The van der Waals surface area contributed by atoms with E-state index in [1.807, 2.05) is 6.08 Å². The second kappa shape index (κ2) is 9.14. The number of nitrogens with zero attached hydrogens (tertiary/aromatic N) is 2. The lowest BCUT2D eigenvalue weighted by atomic mass is 9.96. The van der Waals surface area contributed by atoms with E-state index in [2.05, 4.69) is 6.58 Å². The maximum atomic E-state index is 12.9. The van der Waals surface area contributed by atoms with E-state index in [1.165, 1.54) is 28.6 Å². The molecule has 148 valence electrons. The summed E-state index contributed by atoms with van der Waals surface area (Å²) in [7, 11) is -2.15. The molecule has 1 saturated heterocycles.